The number of nitrogens with zero attached hydrogens (tertiary/aromatic N) is 2. The number of hydrogen-bond donors (Lipinski definition) is 3. The Balaban J connectivity index is 1.48. The second kappa shape index (κ2) is 12.3. The number of aromatic nitrogens is 1. The minimum atomic E-state index is -5.55. The Kier molecular flexibility index (Phi) is 9.21. The Labute approximate surface area is 246 Å². The molecule has 4 rings (SSSR count). The van der Waals surface area contributed by atoms with Gasteiger partial charge in [-0.05, 0) is 72.5 Å². The summed E-state index contributed by atoms with van der Waals surface area (Å²) in [5.41, 5.74) is -2.72. The van der Waals surface area contributed by atoms with Gasteiger partial charge in [0.2, 0.25) is 0 Å². The fraction of sp³-hybridized carbons (Fsp3) is 0.276. The minimum Gasteiger partial charge on any atom is -0.477 e. The minimum absolute atomic E-state index is 0.00452. The van der Waals surface area contributed by atoms with E-state index in [-0.39, 0.29) is 28.3 Å². The van der Waals surface area contributed by atoms with Gasteiger partial charge in [-0.2, -0.15) is 21.6 Å². The molecule has 0 amide bonds. The van der Waals surface area contributed by atoms with Crippen LogP contribution in [0.1, 0.15) is 40.2 Å². The van der Waals surface area contributed by atoms with Gasteiger partial charge in [0, 0.05) is 42.1 Å². The highest BCUT2D eigenvalue weighted by atomic mass is 35.5. The number of aromatic carboxylic acids is 1. The molecule has 3 aromatic carbocycles. The number of sulfonamides is 1. The van der Waals surface area contributed by atoms with Crippen molar-refractivity contribution in [3.63, 3.8) is 0 Å². The zero-order valence-corrected chi connectivity index (χ0v) is 24.2. The maximum Gasteiger partial charge on any atom is 0.516 e. The Bertz CT molecular complexity index is 1690. The summed E-state index contributed by atoms with van der Waals surface area (Å²) in [7, 11) is -4.73. The largest absolute Gasteiger partial charge is 0.516 e. The molecule has 3 N–H and O–H groups in total. The molecule has 2 unspecified atom stereocenters. The van der Waals surface area contributed by atoms with Gasteiger partial charge in [0.05, 0.1) is 11.8 Å². The van der Waals surface area contributed by atoms with E-state index in [0.717, 1.165) is 12.6 Å². The third kappa shape index (κ3) is 6.89. The fourth-order valence-corrected chi connectivity index (χ4v) is 5.56. The summed E-state index contributed by atoms with van der Waals surface area (Å²) in [5.74, 6) is -1.15. The van der Waals surface area contributed by atoms with E-state index in [2.05, 4.69) is 5.32 Å². The van der Waals surface area contributed by atoms with Gasteiger partial charge >= 0.3 is 21.5 Å². The Hall–Kier alpha value is -3.58. The van der Waals surface area contributed by atoms with Gasteiger partial charge in [0.25, 0.3) is 0 Å². The summed E-state index contributed by atoms with van der Waals surface area (Å²) in [6.07, 6.45) is -0.119. The summed E-state index contributed by atoms with van der Waals surface area (Å²) in [6.45, 7) is 2.39. The van der Waals surface area contributed by atoms with Crippen LogP contribution in [-0.4, -0.2) is 54.3 Å². The summed E-state index contributed by atoms with van der Waals surface area (Å²) >= 11 is 6.00. The van der Waals surface area contributed by atoms with Crippen molar-refractivity contribution >= 4 is 44.2 Å². The number of carboxylic acids is 1. The van der Waals surface area contributed by atoms with Crippen LogP contribution in [0.15, 0.2) is 72.8 Å². The van der Waals surface area contributed by atoms with E-state index in [4.69, 9.17) is 11.6 Å². The van der Waals surface area contributed by atoms with Crippen molar-refractivity contribution in [1.29, 1.82) is 0 Å². The highest BCUT2D eigenvalue weighted by molar-refractivity contribution is 7.93. The number of aliphatic hydroxyl groups excluding tert-OH is 1. The molecular formula is C29H29ClF3N3O5S. The quantitative estimate of drug-likeness (QED) is 0.201. The molecule has 0 saturated carbocycles. The first kappa shape index (κ1) is 31.4. The maximum atomic E-state index is 12.9. The van der Waals surface area contributed by atoms with Crippen molar-refractivity contribution in [2.75, 3.05) is 17.9 Å². The van der Waals surface area contributed by atoms with E-state index >= 15 is 0 Å². The predicted molar refractivity (Wildman–Crippen MR) is 155 cm³/mol. The van der Waals surface area contributed by atoms with Crippen LogP contribution in [0.25, 0.3) is 10.9 Å². The molecule has 0 saturated heterocycles. The van der Waals surface area contributed by atoms with Gasteiger partial charge in [-0.25, -0.2) is 4.79 Å². The number of alkyl halides is 3. The number of halogens is 4. The Morgan fingerprint density at radius 1 is 1.05 bits per heavy atom. The van der Waals surface area contributed by atoms with Crippen LogP contribution in [-0.2, 0) is 23.0 Å². The molecule has 0 bridgehead atoms. The molecule has 224 valence electrons. The molecule has 0 spiro atoms. The van der Waals surface area contributed by atoms with Crippen molar-refractivity contribution in [3.8, 4) is 0 Å². The molecule has 4 aromatic rings. The number of nitrogens with one attached hydrogen (secondary N) is 1. The van der Waals surface area contributed by atoms with E-state index in [1.54, 1.807) is 34.9 Å². The lowest BCUT2D eigenvalue weighted by Gasteiger charge is -2.21. The highest BCUT2D eigenvalue weighted by Crippen LogP contribution is 2.30. The fourth-order valence-electron chi connectivity index (χ4n) is 4.65. The molecule has 1 heterocycles. The molecule has 0 aliphatic rings. The molecule has 42 heavy (non-hydrogen) atoms. The molecule has 13 heteroatoms. The average molecular weight is 624 g/mol. The third-order valence-corrected chi connectivity index (χ3v) is 8.67. The highest BCUT2D eigenvalue weighted by Gasteiger charge is 2.49. The van der Waals surface area contributed by atoms with Crippen LogP contribution in [0.4, 0.5) is 18.9 Å². The first-order valence-corrected chi connectivity index (χ1v) is 14.7. The maximum absolute atomic E-state index is 12.9. The molecule has 0 fully saturated rings. The van der Waals surface area contributed by atoms with Crippen LogP contribution in [0.2, 0.25) is 5.02 Å². The van der Waals surface area contributed by atoms with Crippen molar-refractivity contribution in [3.05, 3.63) is 100 Å². The van der Waals surface area contributed by atoms with Crippen molar-refractivity contribution in [2.45, 2.75) is 37.5 Å². The first-order valence-electron chi connectivity index (χ1n) is 12.8. The van der Waals surface area contributed by atoms with Gasteiger partial charge in [-0.3, -0.25) is 4.31 Å². The molecular weight excluding hydrogens is 595 g/mol. The average Bonchev–Trinajstić information content (AvgIpc) is 3.28. The number of carboxylic acid groups (broad SMARTS) is 1. The van der Waals surface area contributed by atoms with Crippen LogP contribution in [0.3, 0.4) is 0 Å². The topological polar surface area (TPSA) is 112 Å². The van der Waals surface area contributed by atoms with Crippen LogP contribution < -0.4 is 9.62 Å². The lowest BCUT2D eigenvalue weighted by atomic mass is 10.0. The standard InChI is InChI=1S/C29H29ClF3N3O5S/c1-18(34-16-27(37)21-4-3-5-23(30)14-21)12-20-8-11-25-22(13-20)15-26(28(38)39)36(25)17-19-6-9-24(10-7-19)35(2)42(40,41)29(31,32)33/h3-11,13-15,18,27,34,37H,12,16-17H2,1-2H3,(H,38,39). The van der Waals surface area contributed by atoms with Crippen LogP contribution >= 0.6 is 11.6 Å². The van der Waals surface area contributed by atoms with E-state index in [1.807, 2.05) is 25.1 Å². The second-order valence-corrected chi connectivity index (χ2v) is 12.4. The van der Waals surface area contributed by atoms with Crippen molar-refractivity contribution < 1.29 is 36.6 Å². The summed E-state index contributed by atoms with van der Waals surface area (Å²) in [4.78, 5) is 12.0. The number of carbonyl (C=O) groups is 1. The predicted octanol–water partition coefficient (Wildman–Crippen LogP) is 5.58. The third-order valence-electron chi connectivity index (χ3n) is 6.91. The number of rotatable bonds is 11. The lowest BCUT2D eigenvalue weighted by molar-refractivity contribution is -0.0437. The van der Waals surface area contributed by atoms with Gasteiger partial charge in [-0.15, -0.1) is 0 Å². The Morgan fingerprint density at radius 2 is 1.71 bits per heavy atom. The summed E-state index contributed by atoms with van der Waals surface area (Å²) in [5, 5.41) is 24.8. The summed E-state index contributed by atoms with van der Waals surface area (Å²) < 4.78 is 63.9. The van der Waals surface area contributed by atoms with Crippen LogP contribution in [0.5, 0.6) is 0 Å². The zero-order valence-electron chi connectivity index (χ0n) is 22.6. The number of hydrogen-bond acceptors (Lipinski definition) is 5. The Morgan fingerprint density at radius 3 is 2.33 bits per heavy atom. The lowest BCUT2D eigenvalue weighted by Crippen LogP contribution is -2.38. The number of fused-ring (bicyclic) bond motifs is 1. The molecule has 1 aromatic heterocycles. The van der Waals surface area contributed by atoms with Crippen LogP contribution in [0, 0.1) is 0 Å². The van der Waals surface area contributed by atoms with Gasteiger partial charge in [0.1, 0.15) is 5.69 Å². The molecule has 2 atom stereocenters. The second-order valence-electron chi connectivity index (χ2n) is 9.98. The van der Waals surface area contributed by atoms with Gasteiger partial charge < -0.3 is 20.1 Å². The summed E-state index contributed by atoms with van der Waals surface area (Å²) in [6, 6.07) is 19.5. The monoisotopic (exact) mass is 623 g/mol. The zero-order chi connectivity index (χ0) is 30.8. The van der Waals surface area contributed by atoms with Crippen molar-refractivity contribution in [2.24, 2.45) is 0 Å². The van der Waals surface area contributed by atoms with Gasteiger partial charge in [0.15, 0.2) is 0 Å². The number of anilines is 1. The molecule has 0 aliphatic carbocycles. The van der Waals surface area contributed by atoms with Crippen molar-refractivity contribution in [1.82, 2.24) is 9.88 Å². The SMILES string of the molecule is CC(Cc1ccc2c(c1)cc(C(=O)O)n2Cc1ccc(N(C)S(=O)(=O)C(F)(F)F)cc1)NCC(O)c1cccc(Cl)c1. The number of benzene rings is 3. The first-order chi connectivity index (χ1) is 19.7. The van der Waals surface area contributed by atoms with E-state index in [9.17, 15) is 36.6 Å². The van der Waals surface area contributed by atoms with E-state index < -0.39 is 27.6 Å². The molecule has 0 radical (unpaired) electrons. The van der Waals surface area contributed by atoms with Gasteiger partial charge in [-0.1, -0.05) is 41.9 Å². The molecule has 8 nitrogen and oxygen atoms in total. The van der Waals surface area contributed by atoms with E-state index in [1.165, 1.54) is 24.3 Å². The van der Waals surface area contributed by atoms with E-state index in [0.29, 0.717) is 40.0 Å². The smallest absolute Gasteiger partial charge is 0.477 e. The normalized spacial score (nSPS) is 13.7. The molecule has 0 aliphatic heterocycles. The number of aliphatic hydroxyl groups is 1.